The number of rotatable bonds is 5. The van der Waals surface area contributed by atoms with Crippen molar-refractivity contribution in [3.05, 3.63) is 89.2 Å². The monoisotopic (exact) mass is 442 g/mol. The van der Waals surface area contributed by atoms with E-state index >= 15 is 0 Å². The first-order chi connectivity index (χ1) is 16.2. The Kier molecular flexibility index (Phi) is 6.04. The quantitative estimate of drug-likeness (QED) is 0.657. The lowest BCUT2D eigenvalue weighted by atomic mass is 10.1. The second kappa shape index (κ2) is 9.42. The van der Waals surface area contributed by atoms with Crippen LogP contribution in [0.5, 0.6) is 5.75 Å². The van der Waals surface area contributed by atoms with Crippen LogP contribution < -0.4 is 10.1 Å². The van der Waals surface area contributed by atoms with Crippen LogP contribution in [-0.2, 0) is 13.0 Å². The summed E-state index contributed by atoms with van der Waals surface area (Å²) in [5.74, 6) is 0.745. The number of fused-ring (bicyclic) bond motifs is 1. The predicted octanol–water partition coefficient (Wildman–Crippen LogP) is 3.23. The van der Waals surface area contributed by atoms with E-state index in [4.69, 9.17) is 4.74 Å². The number of nitrogens with one attached hydrogen (secondary N) is 1. The van der Waals surface area contributed by atoms with Crippen LogP contribution in [0.15, 0.2) is 67.0 Å². The number of anilines is 1. The van der Waals surface area contributed by atoms with E-state index in [2.05, 4.69) is 33.4 Å². The Morgan fingerprint density at radius 1 is 0.970 bits per heavy atom. The van der Waals surface area contributed by atoms with E-state index in [1.807, 2.05) is 4.90 Å². The number of aromatic nitrogens is 1. The topological polar surface area (TPSA) is 74.8 Å². The maximum absolute atomic E-state index is 13.1. The van der Waals surface area contributed by atoms with Gasteiger partial charge in [-0.05, 0) is 47.5 Å². The van der Waals surface area contributed by atoms with Gasteiger partial charge in [0, 0.05) is 62.8 Å². The van der Waals surface area contributed by atoms with Gasteiger partial charge in [-0.15, -0.1) is 0 Å². The van der Waals surface area contributed by atoms with E-state index in [1.165, 1.54) is 17.3 Å². The molecule has 1 N–H and O–H groups in total. The van der Waals surface area contributed by atoms with Gasteiger partial charge < -0.3 is 15.0 Å². The number of ether oxygens (including phenoxy) is 1. The Bertz CT molecular complexity index is 1160. The fourth-order valence-corrected chi connectivity index (χ4v) is 4.32. The summed E-state index contributed by atoms with van der Waals surface area (Å²) in [5, 5.41) is 2.84. The Balaban J connectivity index is 1.17. The lowest BCUT2D eigenvalue weighted by Gasteiger charge is -2.35. The van der Waals surface area contributed by atoms with Gasteiger partial charge in [-0.3, -0.25) is 19.5 Å². The maximum atomic E-state index is 13.1. The number of pyridine rings is 1. The largest absolute Gasteiger partial charge is 0.493 e. The third-order valence-corrected chi connectivity index (χ3v) is 6.11. The van der Waals surface area contributed by atoms with Gasteiger partial charge in [0.05, 0.1) is 12.2 Å². The highest BCUT2D eigenvalue weighted by atomic mass is 16.5. The molecule has 1 aromatic heterocycles. The summed E-state index contributed by atoms with van der Waals surface area (Å²) in [6.45, 7) is 4.67. The SMILES string of the molecule is O=C(Nc1cccc(C(=O)N2CCN(Cc3ccc4c(c3)CCO4)CC2)c1)c1cccnc1. The van der Waals surface area contributed by atoms with Crippen molar-refractivity contribution >= 4 is 17.5 Å². The summed E-state index contributed by atoms with van der Waals surface area (Å²) < 4.78 is 5.59. The molecule has 3 aromatic rings. The summed E-state index contributed by atoms with van der Waals surface area (Å²) in [6.07, 6.45) is 4.12. The number of piperazine rings is 1. The first-order valence-electron chi connectivity index (χ1n) is 11.2. The van der Waals surface area contributed by atoms with Crippen LogP contribution in [0.3, 0.4) is 0 Å². The van der Waals surface area contributed by atoms with E-state index in [1.54, 1.807) is 42.6 Å². The summed E-state index contributed by atoms with van der Waals surface area (Å²) in [5.41, 5.74) is 4.22. The van der Waals surface area contributed by atoms with Crippen molar-refractivity contribution in [3.63, 3.8) is 0 Å². The molecule has 2 amide bonds. The van der Waals surface area contributed by atoms with Crippen molar-refractivity contribution in [1.29, 1.82) is 0 Å². The van der Waals surface area contributed by atoms with Crippen LogP contribution in [0, 0.1) is 0 Å². The zero-order valence-electron chi connectivity index (χ0n) is 18.4. The minimum absolute atomic E-state index is 0.0122. The van der Waals surface area contributed by atoms with Gasteiger partial charge in [0.2, 0.25) is 0 Å². The third-order valence-electron chi connectivity index (χ3n) is 6.11. The molecule has 7 nitrogen and oxygen atoms in total. The highest BCUT2D eigenvalue weighted by molar-refractivity contribution is 6.04. The molecule has 2 aliphatic heterocycles. The average molecular weight is 443 g/mol. The van der Waals surface area contributed by atoms with Crippen LogP contribution >= 0.6 is 0 Å². The molecule has 5 rings (SSSR count). The van der Waals surface area contributed by atoms with Gasteiger partial charge in [-0.25, -0.2) is 0 Å². The van der Waals surface area contributed by atoms with Crippen molar-refractivity contribution in [2.24, 2.45) is 0 Å². The molecule has 0 radical (unpaired) electrons. The molecule has 1 fully saturated rings. The molecule has 33 heavy (non-hydrogen) atoms. The summed E-state index contributed by atoms with van der Waals surface area (Å²) in [6, 6.07) is 17.0. The van der Waals surface area contributed by atoms with Crippen molar-refractivity contribution < 1.29 is 14.3 Å². The first kappa shape index (κ1) is 21.2. The number of benzene rings is 2. The molecular formula is C26H26N4O3. The number of hydrogen-bond donors (Lipinski definition) is 1. The van der Waals surface area contributed by atoms with Crippen molar-refractivity contribution in [3.8, 4) is 5.75 Å². The smallest absolute Gasteiger partial charge is 0.257 e. The zero-order valence-corrected chi connectivity index (χ0v) is 18.4. The molecule has 1 saturated heterocycles. The summed E-state index contributed by atoms with van der Waals surface area (Å²) in [7, 11) is 0. The van der Waals surface area contributed by atoms with E-state index in [-0.39, 0.29) is 11.8 Å². The molecule has 0 aliphatic carbocycles. The van der Waals surface area contributed by atoms with E-state index in [0.29, 0.717) is 29.9 Å². The standard InChI is InChI=1S/C26H26N4O3/c31-25(22-4-2-9-27-17-22)28-23-5-1-3-21(16-23)26(32)30-12-10-29(11-13-30)18-19-6-7-24-20(15-19)8-14-33-24/h1-7,9,15-17H,8,10-14,18H2,(H,28,31). The molecule has 3 heterocycles. The van der Waals surface area contributed by atoms with E-state index in [0.717, 1.165) is 38.4 Å². The predicted molar refractivity (Wildman–Crippen MR) is 125 cm³/mol. The van der Waals surface area contributed by atoms with Gasteiger partial charge in [0.1, 0.15) is 5.75 Å². The lowest BCUT2D eigenvalue weighted by Crippen LogP contribution is -2.48. The second-order valence-corrected chi connectivity index (χ2v) is 8.39. The molecule has 0 saturated carbocycles. The van der Waals surface area contributed by atoms with Crippen molar-refractivity contribution in [2.45, 2.75) is 13.0 Å². The Morgan fingerprint density at radius 3 is 2.64 bits per heavy atom. The summed E-state index contributed by atoms with van der Waals surface area (Å²) in [4.78, 5) is 33.7. The fourth-order valence-electron chi connectivity index (χ4n) is 4.32. The van der Waals surface area contributed by atoms with E-state index in [9.17, 15) is 9.59 Å². The van der Waals surface area contributed by atoms with Gasteiger partial charge in [0.25, 0.3) is 11.8 Å². The normalized spacial score (nSPS) is 15.6. The van der Waals surface area contributed by atoms with Crippen LogP contribution in [0.4, 0.5) is 5.69 Å². The minimum atomic E-state index is -0.251. The van der Waals surface area contributed by atoms with Gasteiger partial charge >= 0.3 is 0 Å². The van der Waals surface area contributed by atoms with Gasteiger partial charge in [-0.2, -0.15) is 0 Å². The Hall–Kier alpha value is -3.71. The van der Waals surface area contributed by atoms with Crippen LogP contribution in [0.25, 0.3) is 0 Å². The molecule has 0 unspecified atom stereocenters. The van der Waals surface area contributed by atoms with Crippen molar-refractivity contribution in [1.82, 2.24) is 14.8 Å². The van der Waals surface area contributed by atoms with E-state index < -0.39 is 0 Å². The lowest BCUT2D eigenvalue weighted by molar-refractivity contribution is 0.0628. The number of carbonyl (C=O) groups excluding carboxylic acids is 2. The second-order valence-electron chi connectivity index (χ2n) is 8.39. The van der Waals surface area contributed by atoms with Crippen LogP contribution in [0.2, 0.25) is 0 Å². The molecule has 2 aliphatic rings. The number of nitrogens with zero attached hydrogens (tertiary/aromatic N) is 3. The minimum Gasteiger partial charge on any atom is -0.493 e. The maximum Gasteiger partial charge on any atom is 0.257 e. The molecule has 168 valence electrons. The molecular weight excluding hydrogens is 416 g/mol. The Labute approximate surface area is 193 Å². The fraction of sp³-hybridized carbons (Fsp3) is 0.269. The highest BCUT2D eigenvalue weighted by Gasteiger charge is 2.23. The van der Waals surface area contributed by atoms with Crippen LogP contribution in [-0.4, -0.2) is 59.4 Å². The molecule has 0 atom stereocenters. The first-order valence-corrected chi connectivity index (χ1v) is 11.2. The van der Waals surface area contributed by atoms with Gasteiger partial charge in [0.15, 0.2) is 0 Å². The average Bonchev–Trinajstić information content (AvgIpc) is 3.33. The molecule has 0 spiro atoms. The zero-order chi connectivity index (χ0) is 22.6. The number of amides is 2. The summed E-state index contributed by atoms with van der Waals surface area (Å²) >= 11 is 0. The molecule has 0 bridgehead atoms. The van der Waals surface area contributed by atoms with Gasteiger partial charge in [-0.1, -0.05) is 18.2 Å². The Morgan fingerprint density at radius 2 is 1.82 bits per heavy atom. The molecule has 7 heteroatoms. The van der Waals surface area contributed by atoms with Crippen molar-refractivity contribution in [2.75, 3.05) is 38.1 Å². The third kappa shape index (κ3) is 4.88. The number of carbonyl (C=O) groups is 2. The highest BCUT2D eigenvalue weighted by Crippen LogP contribution is 2.26. The number of hydrogen-bond acceptors (Lipinski definition) is 5. The van der Waals surface area contributed by atoms with Crippen LogP contribution in [0.1, 0.15) is 31.8 Å². The molecule has 2 aromatic carbocycles.